The molecule has 0 saturated heterocycles. The number of aryl methyl sites for hydroxylation is 1. The first-order valence-corrected chi connectivity index (χ1v) is 7.96. The second-order valence-corrected chi connectivity index (χ2v) is 5.68. The van der Waals surface area contributed by atoms with Gasteiger partial charge in [0.05, 0.1) is 12.2 Å². The van der Waals surface area contributed by atoms with Crippen molar-refractivity contribution >= 4 is 35.2 Å². The molecule has 0 aliphatic heterocycles. The van der Waals surface area contributed by atoms with Crippen LogP contribution in [0.25, 0.3) is 0 Å². The molecular weight excluding hydrogens is 338 g/mol. The van der Waals surface area contributed by atoms with Crippen LogP contribution in [0.5, 0.6) is 5.75 Å². The number of ether oxygens (including phenoxy) is 1. The highest BCUT2D eigenvalue weighted by Gasteiger charge is 2.03. The number of carbonyl (C=O) groups excluding carboxylic acids is 1. The van der Waals surface area contributed by atoms with Crippen molar-refractivity contribution in [2.75, 3.05) is 11.9 Å². The Labute approximate surface area is 151 Å². The SMILES string of the molecule is Cc1cccc(NC(=S)N/N=C\c2ccccc2OCC(=O)[O-])c1C. The summed E-state index contributed by atoms with van der Waals surface area (Å²) in [6.07, 6.45) is 1.50. The molecule has 0 bridgehead atoms. The van der Waals surface area contributed by atoms with Crippen molar-refractivity contribution in [3.63, 3.8) is 0 Å². The van der Waals surface area contributed by atoms with E-state index in [2.05, 4.69) is 15.8 Å². The number of hydrogen-bond donors (Lipinski definition) is 2. The smallest absolute Gasteiger partial charge is 0.191 e. The molecule has 2 aromatic carbocycles. The fraction of sp³-hybridized carbons (Fsp3) is 0.167. The van der Waals surface area contributed by atoms with E-state index in [9.17, 15) is 9.90 Å². The highest BCUT2D eigenvalue weighted by molar-refractivity contribution is 7.80. The molecule has 0 saturated carbocycles. The highest BCUT2D eigenvalue weighted by atomic mass is 32.1. The minimum atomic E-state index is -1.29. The van der Waals surface area contributed by atoms with Crippen LogP contribution in [0.3, 0.4) is 0 Å². The van der Waals surface area contributed by atoms with Gasteiger partial charge in [-0.1, -0.05) is 24.3 Å². The van der Waals surface area contributed by atoms with Crippen molar-refractivity contribution in [2.45, 2.75) is 13.8 Å². The van der Waals surface area contributed by atoms with E-state index < -0.39 is 12.6 Å². The first-order chi connectivity index (χ1) is 12.0. The van der Waals surface area contributed by atoms with Gasteiger partial charge in [0.1, 0.15) is 12.4 Å². The Morgan fingerprint density at radius 3 is 2.76 bits per heavy atom. The Hall–Kier alpha value is -2.93. The molecule has 2 N–H and O–H groups in total. The summed E-state index contributed by atoms with van der Waals surface area (Å²) in [5.74, 6) is -0.894. The lowest BCUT2D eigenvalue weighted by Gasteiger charge is -2.12. The monoisotopic (exact) mass is 356 g/mol. The minimum Gasteiger partial charge on any atom is -0.546 e. The van der Waals surface area contributed by atoms with Crippen molar-refractivity contribution in [1.29, 1.82) is 0 Å². The van der Waals surface area contributed by atoms with E-state index in [-0.39, 0.29) is 0 Å². The Morgan fingerprint density at radius 2 is 2.00 bits per heavy atom. The summed E-state index contributed by atoms with van der Waals surface area (Å²) in [6, 6.07) is 12.8. The number of rotatable bonds is 6. The quantitative estimate of drug-likeness (QED) is 0.466. The third-order valence-corrected chi connectivity index (χ3v) is 3.68. The van der Waals surface area contributed by atoms with Gasteiger partial charge >= 0.3 is 0 Å². The van der Waals surface area contributed by atoms with Crippen molar-refractivity contribution in [3.05, 3.63) is 59.2 Å². The van der Waals surface area contributed by atoms with Gasteiger partial charge in [-0.15, -0.1) is 0 Å². The maximum absolute atomic E-state index is 10.5. The Balaban J connectivity index is 1.97. The molecule has 2 aromatic rings. The van der Waals surface area contributed by atoms with Crippen molar-refractivity contribution in [2.24, 2.45) is 5.10 Å². The number of nitrogens with one attached hydrogen (secondary N) is 2. The molecule has 6 nitrogen and oxygen atoms in total. The maximum Gasteiger partial charge on any atom is 0.191 e. The van der Waals surface area contributed by atoms with Crippen LogP contribution in [0.1, 0.15) is 16.7 Å². The number of carboxylic acids is 1. The summed E-state index contributed by atoms with van der Waals surface area (Å²) in [5, 5.41) is 18.0. The molecule has 0 unspecified atom stereocenters. The van der Waals surface area contributed by atoms with Crippen LogP contribution in [0.2, 0.25) is 0 Å². The van der Waals surface area contributed by atoms with Crippen LogP contribution >= 0.6 is 12.2 Å². The predicted molar refractivity (Wildman–Crippen MR) is 99.8 cm³/mol. The Morgan fingerprint density at radius 1 is 1.24 bits per heavy atom. The van der Waals surface area contributed by atoms with Crippen molar-refractivity contribution in [1.82, 2.24) is 5.43 Å². The maximum atomic E-state index is 10.5. The molecule has 0 heterocycles. The van der Waals surface area contributed by atoms with E-state index in [0.717, 1.165) is 16.8 Å². The van der Waals surface area contributed by atoms with Crippen LogP contribution in [-0.4, -0.2) is 23.9 Å². The first kappa shape index (κ1) is 18.4. The van der Waals surface area contributed by atoms with Gasteiger partial charge in [-0.25, -0.2) is 0 Å². The highest BCUT2D eigenvalue weighted by Crippen LogP contribution is 2.18. The Bertz CT molecular complexity index is 806. The summed E-state index contributed by atoms with van der Waals surface area (Å²) in [4.78, 5) is 10.5. The molecule has 0 spiro atoms. The predicted octanol–water partition coefficient (Wildman–Crippen LogP) is 1.75. The number of nitrogens with zero attached hydrogens (tertiary/aromatic N) is 1. The van der Waals surface area contributed by atoms with E-state index in [1.807, 2.05) is 32.0 Å². The van der Waals surface area contributed by atoms with Gasteiger partial charge in [0.2, 0.25) is 0 Å². The molecule has 7 heteroatoms. The molecule has 0 radical (unpaired) electrons. The van der Waals surface area contributed by atoms with E-state index in [1.165, 1.54) is 6.21 Å². The number of hydrazone groups is 1. The van der Waals surface area contributed by atoms with Crippen LogP contribution in [0.4, 0.5) is 5.69 Å². The van der Waals surface area contributed by atoms with Gasteiger partial charge < -0.3 is 20.0 Å². The second-order valence-electron chi connectivity index (χ2n) is 5.27. The van der Waals surface area contributed by atoms with Gasteiger partial charge in [-0.3, -0.25) is 5.43 Å². The zero-order valence-electron chi connectivity index (χ0n) is 13.9. The number of carboxylic acid groups (broad SMARTS) is 1. The number of anilines is 1. The van der Waals surface area contributed by atoms with Gasteiger partial charge in [0.15, 0.2) is 5.11 Å². The average Bonchev–Trinajstić information content (AvgIpc) is 2.58. The van der Waals surface area contributed by atoms with Crippen LogP contribution in [0.15, 0.2) is 47.6 Å². The van der Waals surface area contributed by atoms with E-state index in [4.69, 9.17) is 17.0 Å². The summed E-state index contributed by atoms with van der Waals surface area (Å²) >= 11 is 5.22. The molecule has 0 aliphatic carbocycles. The van der Waals surface area contributed by atoms with Gasteiger partial charge in [-0.05, 0) is 55.4 Å². The lowest BCUT2D eigenvalue weighted by atomic mass is 10.1. The average molecular weight is 356 g/mol. The third-order valence-electron chi connectivity index (χ3n) is 3.49. The summed E-state index contributed by atoms with van der Waals surface area (Å²) in [5.41, 5.74) is 6.52. The van der Waals surface area contributed by atoms with E-state index in [0.29, 0.717) is 16.4 Å². The van der Waals surface area contributed by atoms with Gasteiger partial charge in [0.25, 0.3) is 0 Å². The third kappa shape index (κ3) is 5.58. The Kier molecular flexibility index (Phi) is 6.47. The number of carbonyl (C=O) groups is 1. The van der Waals surface area contributed by atoms with Crippen molar-refractivity contribution < 1.29 is 14.6 Å². The summed E-state index contributed by atoms with van der Waals surface area (Å²) in [6.45, 7) is 3.51. The van der Waals surface area contributed by atoms with E-state index >= 15 is 0 Å². The first-order valence-electron chi connectivity index (χ1n) is 7.55. The van der Waals surface area contributed by atoms with Gasteiger partial charge in [-0.2, -0.15) is 5.10 Å². The lowest BCUT2D eigenvalue weighted by Crippen LogP contribution is -2.29. The fourth-order valence-corrected chi connectivity index (χ4v) is 2.22. The number of thiocarbonyl (C=S) groups is 1. The van der Waals surface area contributed by atoms with Crippen LogP contribution in [0, 0.1) is 13.8 Å². The molecule has 130 valence electrons. The summed E-state index contributed by atoms with van der Waals surface area (Å²) < 4.78 is 5.15. The van der Waals surface area contributed by atoms with E-state index in [1.54, 1.807) is 24.3 Å². The molecule has 25 heavy (non-hydrogen) atoms. The zero-order chi connectivity index (χ0) is 18.2. The van der Waals surface area contributed by atoms with Crippen LogP contribution < -0.4 is 20.6 Å². The summed E-state index contributed by atoms with van der Waals surface area (Å²) in [7, 11) is 0. The molecule has 0 amide bonds. The minimum absolute atomic E-state index is 0.345. The number of para-hydroxylation sites is 1. The lowest BCUT2D eigenvalue weighted by molar-refractivity contribution is -0.307. The van der Waals surface area contributed by atoms with Crippen LogP contribution in [-0.2, 0) is 4.79 Å². The molecule has 0 atom stereocenters. The molecule has 0 aromatic heterocycles. The largest absolute Gasteiger partial charge is 0.546 e. The normalized spacial score (nSPS) is 10.5. The molecular formula is C18H18N3O3S-. The number of benzene rings is 2. The molecule has 0 fully saturated rings. The van der Waals surface area contributed by atoms with Gasteiger partial charge in [0, 0.05) is 11.3 Å². The molecule has 2 rings (SSSR count). The second kappa shape index (κ2) is 8.79. The number of aliphatic carboxylic acids is 1. The van der Waals surface area contributed by atoms with Crippen molar-refractivity contribution in [3.8, 4) is 5.75 Å². The zero-order valence-corrected chi connectivity index (χ0v) is 14.7. The fourth-order valence-electron chi connectivity index (χ4n) is 2.05. The molecule has 0 aliphatic rings. The number of hydrogen-bond acceptors (Lipinski definition) is 5. The topological polar surface area (TPSA) is 85.8 Å². The standard InChI is InChI=1S/C18H19N3O3S/c1-12-6-5-8-15(13(12)2)20-18(25)21-19-10-14-7-3-4-9-16(14)24-11-17(22)23/h3-10H,11H2,1-2H3,(H,22,23)(H2,20,21,25)/p-1/b19-10-.